The normalized spacial score (nSPS) is 9.95. The zero-order valence-corrected chi connectivity index (χ0v) is 11.5. The molecule has 0 aliphatic rings. The third kappa shape index (κ3) is 2.82. The van der Waals surface area contributed by atoms with Gasteiger partial charge < -0.3 is 5.32 Å². The molecule has 2 heterocycles. The lowest BCUT2D eigenvalue weighted by atomic mass is 10.2. The van der Waals surface area contributed by atoms with E-state index in [1.54, 1.807) is 0 Å². The van der Waals surface area contributed by atoms with E-state index in [0.29, 0.717) is 0 Å². The Bertz CT molecular complexity index is 763. The van der Waals surface area contributed by atoms with Crippen LogP contribution in [-0.4, -0.2) is 20.3 Å². The van der Waals surface area contributed by atoms with Crippen LogP contribution in [0.1, 0.15) is 19.4 Å². The van der Waals surface area contributed by atoms with E-state index in [2.05, 4.69) is 30.2 Å². The molecule has 2 aromatic heterocycles. The minimum atomic E-state index is -0.375. The molecule has 0 aliphatic heterocycles. The monoisotopic (exact) mass is 273 g/mol. The molecule has 0 bridgehead atoms. The Morgan fingerprint density at radius 2 is 2.05 bits per heavy atom. The van der Waals surface area contributed by atoms with Crippen molar-refractivity contribution in [1.82, 2.24) is 20.3 Å². The Balaban J connectivity index is 0.000000704. The van der Waals surface area contributed by atoms with Crippen LogP contribution in [-0.2, 0) is 0 Å². The number of anilines is 2. The van der Waals surface area contributed by atoms with Gasteiger partial charge in [-0.15, -0.1) is 0 Å². The third-order valence-corrected chi connectivity index (χ3v) is 2.42. The number of benzene rings is 1. The molecule has 104 valence electrons. The summed E-state index contributed by atoms with van der Waals surface area (Å²) in [6.07, 6.45) is 0. The van der Waals surface area contributed by atoms with Crippen molar-refractivity contribution in [3.63, 3.8) is 0 Å². The second-order valence-corrected chi connectivity index (χ2v) is 3.85. The second-order valence-electron chi connectivity index (χ2n) is 3.85. The van der Waals surface area contributed by atoms with Gasteiger partial charge in [0.2, 0.25) is 11.3 Å². The van der Waals surface area contributed by atoms with Gasteiger partial charge >= 0.3 is 0 Å². The predicted octanol–water partition coefficient (Wildman–Crippen LogP) is 2.38. The van der Waals surface area contributed by atoms with Crippen molar-refractivity contribution in [3.8, 4) is 0 Å². The van der Waals surface area contributed by atoms with E-state index in [9.17, 15) is 4.79 Å². The standard InChI is InChI=1S/C11H9N5O2.C2H6/c1-6-3-2-4-7(5-6)12-10-11(17)14-9-8(13-10)15-18-16-9;1-2/h2-5H,1H3,(H,12,13,15)(H,14,16,17);1-2H3. The zero-order chi connectivity index (χ0) is 14.5. The molecule has 0 saturated carbocycles. The Labute approximate surface area is 115 Å². The summed E-state index contributed by atoms with van der Waals surface area (Å²) in [4.78, 5) is 18.3. The third-order valence-electron chi connectivity index (χ3n) is 2.42. The SMILES string of the molecule is CC.Cc1cccc(Nc2nc3nonc3[nH]c2=O)c1. The van der Waals surface area contributed by atoms with E-state index in [4.69, 9.17) is 0 Å². The Hall–Kier alpha value is -2.70. The van der Waals surface area contributed by atoms with Crippen molar-refractivity contribution < 1.29 is 4.63 Å². The summed E-state index contributed by atoms with van der Waals surface area (Å²) in [6.45, 7) is 5.97. The predicted molar refractivity (Wildman–Crippen MR) is 76.0 cm³/mol. The highest BCUT2D eigenvalue weighted by Crippen LogP contribution is 2.13. The van der Waals surface area contributed by atoms with Gasteiger partial charge in [0, 0.05) is 5.69 Å². The number of aromatic nitrogens is 4. The lowest BCUT2D eigenvalue weighted by molar-refractivity contribution is 0.314. The molecular formula is C13H15N5O2. The lowest BCUT2D eigenvalue weighted by Crippen LogP contribution is -2.13. The Morgan fingerprint density at radius 3 is 2.80 bits per heavy atom. The molecule has 0 aliphatic carbocycles. The highest BCUT2D eigenvalue weighted by Gasteiger charge is 2.08. The van der Waals surface area contributed by atoms with Crippen molar-refractivity contribution in [3.05, 3.63) is 40.2 Å². The largest absolute Gasteiger partial charge is 0.336 e. The molecule has 20 heavy (non-hydrogen) atoms. The van der Waals surface area contributed by atoms with E-state index in [-0.39, 0.29) is 22.7 Å². The molecule has 0 radical (unpaired) electrons. The van der Waals surface area contributed by atoms with E-state index >= 15 is 0 Å². The molecule has 3 aromatic rings. The number of aromatic amines is 1. The summed E-state index contributed by atoms with van der Waals surface area (Å²) >= 11 is 0. The van der Waals surface area contributed by atoms with Crippen LogP contribution >= 0.6 is 0 Å². The van der Waals surface area contributed by atoms with Gasteiger partial charge in [0.05, 0.1) is 0 Å². The van der Waals surface area contributed by atoms with Crippen LogP contribution in [0.4, 0.5) is 11.5 Å². The maximum atomic E-state index is 11.7. The minimum Gasteiger partial charge on any atom is -0.336 e. The molecular weight excluding hydrogens is 258 g/mol. The Kier molecular flexibility index (Phi) is 4.09. The molecule has 7 heteroatoms. The quantitative estimate of drug-likeness (QED) is 0.744. The second kappa shape index (κ2) is 5.96. The fourth-order valence-corrected chi connectivity index (χ4v) is 1.60. The van der Waals surface area contributed by atoms with E-state index in [1.807, 2.05) is 45.0 Å². The first kappa shape index (κ1) is 13.7. The summed E-state index contributed by atoms with van der Waals surface area (Å²) in [7, 11) is 0. The summed E-state index contributed by atoms with van der Waals surface area (Å²) < 4.78 is 4.48. The number of nitrogens with zero attached hydrogens (tertiary/aromatic N) is 3. The van der Waals surface area contributed by atoms with Crippen LogP contribution < -0.4 is 10.9 Å². The average molecular weight is 273 g/mol. The number of aryl methyl sites for hydroxylation is 1. The molecule has 1 aromatic carbocycles. The number of hydrogen-bond acceptors (Lipinski definition) is 6. The molecule has 0 unspecified atom stereocenters. The van der Waals surface area contributed by atoms with Crippen LogP contribution in [0.3, 0.4) is 0 Å². The van der Waals surface area contributed by atoms with Gasteiger partial charge in [-0.25, -0.2) is 4.63 Å². The highest BCUT2D eigenvalue weighted by atomic mass is 16.6. The fourth-order valence-electron chi connectivity index (χ4n) is 1.60. The van der Waals surface area contributed by atoms with E-state index in [1.165, 1.54) is 0 Å². The lowest BCUT2D eigenvalue weighted by Gasteiger charge is -2.04. The van der Waals surface area contributed by atoms with Gasteiger partial charge in [0.25, 0.3) is 5.56 Å². The number of rotatable bonds is 2. The van der Waals surface area contributed by atoms with Gasteiger partial charge in [-0.1, -0.05) is 26.0 Å². The summed E-state index contributed by atoms with van der Waals surface area (Å²) in [5, 5.41) is 10.0. The smallest absolute Gasteiger partial charge is 0.292 e. The van der Waals surface area contributed by atoms with Crippen LogP contribution in [0.5, 0.6) is 0 Å². The van der Waals surface area contributed by atoms with Crippen LogP contribution in [0, 0.1) is 6.92 Å². The summed E-state index contributed by atoms with van der Waals surface area (Å²) in [5.41, 5.74) is 1.98. The zero-order valence-electron chi connectivity index (χ0n) is 11.5. The first-order valence-corrected chi connectivity index (χ1v) is 6.29. The number of H-pyrrole nitrogens is 1. The number of fused-ring (bicyclic) bond motifs is 1. The Morgan fingerprint density at radius 1 is 1.25 bits per heavy atom. The van der Waals surface area contributed by atoms with Crippen molar-refractivity contribution in [2.75, 3.05) is 5.32 Å². The van der Waals surface area contributed by atoms with E-state index < -0.39 is 0 Å². The fraction of sp³-hybridized carbons (Fsp3) is 0.231. The van der Waals surface area contributed by atoms with Crippen LogP contribution in [0.2, 0.25) is 0 Å². The van der Waals surface area contributed by atoms with Crippen molar-refractivity contribution in [1.29, 1.82) is 0 Å². The number of nitrogens with one attached hydrogen (secondary N) is 2. The summed E-state index contributed by atoms with van der Waals surface area (Å²) in [5.74, 6) is 0.156. The first-order valence-electron chi connectivity index (χ1n) is 6.29. The highest BCUT2D eigenvalue weighted by molar-refractivity contribution is 5.67. The maximum Gasteiger partial charge on any atom is 0.292 e. The topological polar surface area (TPSA) is 96.7 Å². The van der Waals surface area contributed by atoms with Crippen molar-refractivity contribution in [2.24, 2.45) is 0 Å². The molecule has 0 spiro atoms. The van der Waals surface area contributed by atoms with Gasteiger partial charge in [-0.3, -0.25) is 9.78 Å². The van der Waals surface area contributed by atoms with Crippen molar-refractivity contribution >= 4 is 22.8 Å². The van der Waals surface area contributed by atoms with Gasteiger partial charge in [0.1, 0.15) is 0 Å². The molecule has 7 nitrogen and oxygen atoms in total. The van der Waals surface area contributed by atoms with Gasteiger partial charge in [-0.05, 0) is 34.9 Å². The van der Waals surface area contributed by atoms with Gasteiger partial charge in [0.15, 0.2) is 5.82 Å². The molecule has 0 fully saturated rings. The average Bonchev–Trinajstić information content (AvgIpc) is 2.88. The molecule has 0 amide bonds. The van der Waals surface area contributed by atoms with Crippen LogP contribution in [0.25, 0.3) is 11.3 Å². The first-order chi connectivity index (χ1) is 9.72. The molecule has 0 saturated heterocycles. The molecule has 0 atom stereocenters. The van der Waals surface area contributed by atoms with E-state index in [0.717, 1.165) is 11.3 Å². The summed E-state index contributed by atoms with van der Waals surface area (Å²) in [6, 6.07) is 7.61. The molecule has 3 rings (SSSR count). The maximum absolute atomic E-state index is 11.7. The number of hydrogen-bond donors (Lipinski definition) is 2. The minimum absolute atomic E-state index is 0.156. The van der Waals surface area contributed by atoms with Gasteiger partial charge in [-0.2, -0.15) is 4.98 Å². The molecule has 2 N–H and O–H groups in total. The van der Waals surface area contributed by atoms with Crippen molar-refractivity contribution in [2.45, 2.75) is 20.8 Å². The van der Waals surface area contributed by atoms with Crippen LogP contribution in [0.15, 0.2) is 33.7 Å².